The standard InChI is InChI=1S/C24H30Cl4N4/c1-16(17-4-6-19(23(27)21(17)25)31-12-8-29(2)9-13-31)18-5-7-20(24(28)22(18)26)32-14-10-30(3)11-15-32/h4-7,16H,8-15H2,1-3H3. The molecule has 8 heteroatoms. The summed E-state index contributed by atoms with van der Waals surface area (Å²) in [6.07, 6.45) is 0. The Morgan fingerprint density at radius 2 is 0.906 bits per heavy atom. The summed E-state index contributed by atoms with van der Waals surface area (Å²) in [6, 6.07) is 8.31. The number of hydrogen-bond acceptors (Lipinski definition) is 4. The van der Waals surface area contributed by atoms with Crippen LogP contribution in [-0.4, -0.2) is 76.3 Å². The predicted molar refractivity (Wildman–Crippen MR) is 140 cm³/mol. The molecule has 2 heterocycles. The van der Waals surface area contributed by atoms with E-state index >= 15 is 0 Å². The Labute approximate surface area is 211 Å². The molecule has 0 radical (unpaired) electrons. The van der Waals surface area contributed by atoms with Gasteiger partial charge in [-0.15, -0.1) is 0 Å². The number of halogens is 4. The van der Waals surface area contributed by atoms with Crippen LogP contribution in [0, 0.1) is 0 Å². The van der Waals surface area contributed by atoms with Crippen molar-refractivity contribution < 1.29 is 0 Å². The minimum Gasteiger partial charge on any atom is -0.368 e. The van der Waals surface area contributed by atoms with Crippen LogP contribution in [0.25, 0.3) is 0 Å². The van der Waals surface area contributed by atoms with Crippen LogP contribution >= 0.6 is 46.4 Å². The number of piperazine rings is 2. The molecule has 0 bridgehead atoms. The van der Waals surface area contributed by atoms with Gasteiger partial charge in [0.15, 0.2) is 0 Å². The second-order valence-electron chi connectivity index (χ2n) is 8.91. The normalized spacial score (nSPS) is 18.6. The second kappa shape index (κ2) is 10.2. The molecule has 2 aromatic rings. The Kier molecular flexibility index (Phi) is 7.71. The largest absolute Gasteiger partial charge is 0.368 e. The quantitative estimate of drug-likeness (QED) is 0.498. The summed E-state index contributed by atoms with van der Waals surface area (Å²) in [5.74, 6) is -0.0342. The third-order valence-corrected chi connectivity index (χ3v) is 8.58. The molecule has 2 aromatic carbocycles. The zero-order valence-electron chi connectivity index (χ0n) is 18.8. The highest BCUT2D eigenvalue weighted by Gasteiger charge is 2.25. The van der Waals surface area contributed by atoms with Crippen molar-refractivity contribution >= 4 is 57.8 Å². The van der Waals surface area contributed by atoms with Gasteiger partial charge in [0.05, 0.1) is 31.5 Å². The van der Waals surface area contributed by atoms with Crippen molar-refractivity contribution in [2.45, 2.75) is 12.8 Å². The van der Waals surface area contributed by atoms with Gasteiger partial charge in [0.2, 0.25) is 0 Å². The molecule has 174 valence electrons. The summed E-state index contributed by atoms with van der Waals surface area (Å²) in [4.78, 5) is 9.24. The Balaban J connectivity index is 1.59. The third kappa shape index (κ3) is 4.82. The molecule has 0 aromatic heterocycles. The van der Waals surface area contributed by atoms with E-state index in [-0.39, 0.29) is 5.92 Å². The first kappa shape index (κ1) is 24.3. The monoisotopic (exact) mass is 514 g/mol. The van der Waals surface area contributed by atoms with E-state index in [1.807, 2.05) is 0 Å². The van der Waals surface area contributed by atoms with Crippen molar-refractivity contribution in [2.24, 2.45) is 0 Å². The highest BCUT2D eigenvalue weighted by molar-refractivity contribution is 6.45. The number of anilines is 2. The van der Waals surface area contributed by atoms with E-state index < -0.39 is 0 Å². The SMILES string of the molecule is CC(c1ccc(N2CCN(C)CC2)c(Cl)c1Cl)c1ccc(N2CCN(C)CC2)c(Cl)c1Cl. The Morgan fingerprint density at radius 1 is 0.562 bits per heavy atom. The minimum atomic E-state index is -0.0342. The van der Waals surface area contributed by atoms with Crippen molar-refractivity contribution in [3.8, 4) is 0 Å². The molecular weight excluding hydrogens is 486 g/mol. The molecule has 0 spiro atoms. The second-order valence-corrected chi connectivity index (χ2v) is 10.4. The Morgan fingerprint density at radius 3 is 1.25 bits per heavy atom. The van der Waals surface area contributed by atoms with E-state index in [1.54, 1.807) is 0 Å². The van der Waals surface area contributed by atoms with Gasteiger partial charge in [0, 0.05) is 58.3 Å². The lowest BCUT2D eigenvalue weighted by Gasteiger charge is -2.35. The van der Waals surface area contributed by atoms with Gasteiger partial charge >= 0.3 is 0 Å². The molecule has 0 atom stereocenters. The summed E-state index contributed by atoms with van der Waals surface area (Å²) in [6.45, 7) is 9.92. The van der Waals surface area contributed by atoms with Crippen LogP contribution in [0.3, 0.4) is 0 Å². The van der Waals surface area contributed by atoms with Gasteiger partial charge < -0.3 is 19.6 Å². The van der Waals surface area contributed by atoms with Crippen LogP contribution in [0.5, 0.6) is 0 Å². The maximum atomic E-state index is 6.79. The zero-order chi connectivity index (χ0) is 23.0. The molecule has 0 N–H and O–H groups in total. The fourth-order valence-electron chi connectivity index (χ4n) is 4.53. The van der Waals surface area contributed by atoms with Crippen LogP contribution in [0.15, 0.2) is 24.3 Å². The van der Waals surface area contributed by atoms with E-state index in [1.165, 1.54) is 0 Å². The van der Waals surface area contributed by atoms with Crippen molar-refractivity contribution in [3.05, 3.63) is 55.5 Å². The first-order chi connectivity index (χ1) is 15.3. The molecule has 0 unspecified atom stereocenters. The highest BCUT2D eigenvalue weighted by Crippen LogP contribution is 2.44. The Hall–Kier alpha value is -0.880. The zero-order valence-corrected chi connectivity index (χ0v) is 21.9. The van der Waals surface area contributed by atoms with Gasteiger partial charge in [-0.25, -0.2) is 0 Å². The fraction of sp³-hybridized carbons (Fsp3) is 0.500. The first-order valence-corrected chi connectivity index (χ1v) is 12.6. The van der Waals surface area contributed by atoms with Crippen molar-refractivity contribution in [1.29, 1.82) is 0 Å². The van der Waals surface area contributed by atoms with Crippen molar-refractivity contribution in [1.82, 2.24) is 9.80 Å². The van der Waals surface area contributed by atoms with Crippen LogP contribution in [0.1, 0.15) is 24.0 Å². The number of likely N-dealkylation sites (N-methyl/N-ethyl adjacent to an activating group) is 2. The molecule has 4 nitrogen and oxygen atoms in total. The molecule has 0 amide bonds. The lowest BCUT2D eigenvalue weighted by molar-refractivity contribution is 0.313. The molecule has 2 fully saturated rings. The first-order valence-electron chi connectivity index (χ1n) is 11.1. The number of nitrogens with zero attached hydrogens (tertiary/aromatic N) is 4. The van der Waals surface area contributed by atoms with Crippen LogP contribution < -0.4 is 9.80 Å². The fourth-order valence-corrected chi connectivity index (χ4v) is 5.76. The number of rotatable bonds is 4. The summed E-state index contributed by atoms with van der Waals surface area (Å²) in [5.41, 5.74) is 3.91. The molecule has 2 saturated heterocycles. The van der Waals surface area contributed by atoms with E-state index in [2.05, 4.69) is 64.9 Å². The molecule has 32 heavy (non-hydrogen) atoms. The highest BCUT2D eigenvalue weighted by atomic mass is 35.5. The van der Waals surface area contributed by atoms with Crippen molar-refractivity contribution in [2.75, 3.05) is 76.3 Å². The van der Waals surface area contributed by atoms with Gasteiger partial charge in [-0.3, -0.25) is 0 Å². The van der Waals surface area contributed by atoms with Gasteiger partial charge in [-0.1, -0.05) is 65.5 Å². The van der Waals surface area contributed by atoms with E-state index in [0.717, 1.165) is 74.9 Å². The van der Waals surface area contributed by atoms with Gasteiger partial charge in [-0.05, 0) is 37.4 Å². The van der Waals surface area contributed by atoms with E-state index in [9.17, 15) is 0 Å². The summed E-state index contributed by atoms with van der Waals surface area (Å²) in [5, 5.41) is 2.39. The molecular formula is C24H30Cl4N4. The lowest BCUT2D eigenvalue weighted by Crippen LogP contribution is -2.44. The van der Waals surface area contributed by atoms with E-state index in [4.69, 9.17) is 46.4 Å². The van der Waals surface area contributed by atoms with E-state index in [0.29, 0.717) is 20.1 Å². The molecule has 0 aliphatic carbocycles. The van der Waals surface area contributed by atoms with Gasteiger partial charge in [-0.2, -0.15) is 0 Å². The number of hydrogen-bond donors (Lipinski definition) is 0. The van der Waals surface area contributed by atoms with Crippen LogP contribution in [-0.2, 0) is 0 Å². The maximum absolute atomic E-state index is 6.79. The minimum absolute atomic E-state index is 0.0342. The lowest BCUT2D eigenvalue weighted by atomic mass is 9.92. The van der Waals surface area contributed by atoms with Crippen LogP contribution in [0.2, 0.25) is 20.1 Å². The average molecular weight is 516 g/mol. The summed E-state index contributed by atoms with van der Waals surface area (Å²) < 4.78 is 0. The topological polar surface area (TPSA) is 13.0 Å². The van der Waals surface area contributed by atoms with Gasteiger partial charge in [0.1, 0.15) is 0 Å². The average Bonchev–Trinajstić information content (AvgIpc) is 2.78. The van der Waals surface area contributed by atoms with Crippen LogP contribution in [0.4, 0.5) is 11.4 Å². The summed E-state index contributed by atoms with van der Waals surface area (Å²) in [7, 11) is 4.28. The number of benzene rings is 2. The molecule has 0 saturated carbocycles. The molecule has 2 aliphatic heterocycles. The maximum Gasteiger partial charge on any atom is 0.0828 e. The third-order valence-electron chi connectivity index (χ3n) is 6.80. The molecule has 2 aliphatic rings. The Bertz CT molecular complexity index is 889. The summed E-state index contributed by atoms with van der Waals surface area (Å²) >= 11 is 27.1. The van der Waals surface area contributed by atoms with Gasteiger partial charge in [0.25, 0.3) is 0 Å². The molecule has 4 rings (SSSR count). The smallest absolute Gasteiger partial charge is 0.0828 e. The van der Waals surface area contributed by atoms with Crippen molar-refractivity contribution in [3.63, 3.8) is 0 Å². The predicted octanol–water partition coefficient (Wildman–Crippen LogP) is 5.96.